The highest BCUT2D eigenvalue weighted by Crippen LogP contribution is 2.27. The third kappa shape index (κ3) is 4.68. The van der Waals surface area contributed by atoms with Crippen molar-refractivity contribution < 1.29 is 9.59 Å². The second-order valence-electron chi connectivity index (χ2n) is 7.88. The van der Waals surface area contributed by atoms with Crippen LogP contribution < -0.4 is 5.32 Å². The number of aromatic nitrogens is 2. The Labute approximate surface area is 190 Å². The normalized spacial score (nSPS) is 11.0. The number of hydrogen-bond acceptors (Lipinski definition) is 5. The molecule has 3 aromatic carbocycles. The Bertz CT molecular complexity index is 1280. The largest absolute Gasteiger partial charge is 0.327 e. The fraction of sp³-hybridized carbons (Fsp3) is 0.200. The zero-order valence-corrected chi connectivity index (χ0v) is 19.0. The van der Waals surface area contributed by atoms with Crippen LogP contribution in [0.3, 0.4) is 0 Å². The van der Waals surface area contributed by atoms with E-state index in [1.165, 1.54) is 11.3 Å². The number of anilines is 1. The van der Waals surface area contributed by atoms with E-state index in [2.05, 4.69) is 15.5 Å². The number of rotatable bonds is 6. The monoisotopic (exact) mass is 444 g/mol. The van der Waals surface area contributed by atoms with Gasteiger partial charge in [-0.2, -0.15) is 0 Å². The first-order valence-electron chi connectivity index (χ1n) is 10.4. The molecule has 0 fully saturated rings. The zero-order valence-electron chi connectivity index (χ0n) is 18.2. The van der Waals surface area contributed by atoms with E-state index in [0.717, 1.165) is 26.9 Å². The lowest BCUT2D eigenvalue weighted by atomic mass is 10.0. The highest BCUT2D eigenvalue weighted by Gasteiger charge is 2.23. The van der Waals surface area contributed by atoms with Crippen molar-refractivity contribution in [1.29, 1.82) is 0 Å². The summed E-state index contributed by atoms with van der Waals surface area (Å²) in [6, 6.07) is 21.2. The van der Waals surface area contributed by atoms with Gasteiger partial charge in [-0.1, -0.05) is 71.5 Å². The highest BCUT2D eigenvalue weighted by molar-refractivity contribution is 7.18. The molecule has 1 N–H and O–H groups in total. The van der Waals surface area contributed by atoms with Gasteiger partial charge >= 0.3 is 0 Å². The summed E-state index contributed by atoms with van der Waals surface area (Å²) >= 11 is 1.31. The second-order valence-corrected chi connectivity index (χ2v) is 8.86. The fourth-order valence-corrected chi connectivity index (χ4v) is 4.29. The van der Waals surface area contributed by atoms with Crippen molar-refractivity contribution in [3.63, 3.8) is 0 Å². The Morgan fingerprint density at radius 3 is 2.53 bits per heavy atom. The van der Waals surface area contributed by atoms with Crippen molar-refractivity contribution >= 4 is 39.1 Å². The average Bonchev–Trinajstić information content (AvgIpc) is 3.25. The Morgan fingerprint density at radius 1 is 1.00 bits per heavy atom. The number of carbonyl (C=O) groups excluding carboxylic acids is 2. The molecule has 0 aliphatic rings. The molecule has 6 nitrogen and oxygen atoms in total. The molecule has 4 aromatic rings. The number of hydrogen-bond donors (Lipinski definition) is 1. The molecule has 0 unspecified atom stereocenters. The van der Waals surface area contributed by atoms with E-state index in [0.29, 0.717) is 10.7 Å². The van der Waals surface area contributed by atoms with Gasteiger partial charge in [0, 0.05) is 17.2 Å². The topological polar surface area (TPSA) is 75.2 Å². The molecule has 4 rings (SSSR count). The van der Waals surface area contributed by atoms with E-state index >= 15 is 0 Å². The fourth-order valence-electron chi connectivity index (χ4n) is 3.54. The summed E-state index contributed by atoms with van der Waals surface area (Å²) in [5.41, 5.74) is 2.67. The number of nitrogens with one attached hydrogen (secondary N) is 1. The standard InChI is InChI=1S/C25H24N4O2S/c1-16(2)29(24(31)21-13-7-10-18-9-4-5-12-20(18)21)15-22(30)26-25-28-27-23(32-25)19-11-6-8-17(3)14-19/h4-14,16H,15H2,1-3H3,(H,26,28,30). The summed E-state index contributed by atoms with van der Waals surface area (Å²) in [5, 5.41) is 14.1. The molecule has 1 aromatic heterocycles. The van der Waals surface area contributed by atoms with Crippen molar-refractivity contribution in [2.24, 2.45) is 0 Å². The quantitative estimate of drug-likeness (QED) is 0.446. The van der Waals surface area contributed by atoms with Gasteiger partial charge in [0.15, 0.2) is 0 Å². The van der Waals surface area contributed by atoms with Crippen molar-refractivity contribution in [3.05, 3.63) is 77.9 Å². The smallest absolute Gasteiger partial charge is 0.255 e. The van der Waals surface area contributed by atoms with Crippen LogP contribution >= 0.6 is 11.3 Å². The highest BCUT2D eigenvalue weighted by atomic mass is 32.1. The van der Waals surface area contributed by atoms with Crippen LogP contribution in [0.1, 0.15) is 29.8 Å². The Morgan fingerprint density at radius 2 is 1.75 bits per heavy atom. The minimum Gasteiger partial charge on any atom is -0.327 e. The molecule has 2 amide bonds. The van der Waals surface area contributed by atoms with Crippen molar-refractivity contribution in [3.8, 4) is 10.6 Å². The lowest BCUT2D eigenvalue weighted by molar-refractivity contribution is -0.117. The first-order valence-corrected chi connectivity index (χ1v) is 11.2. The summed E-state index contributed by atoms with van der Waals surface area (Å²) in [4.78, 5) is 27.7. The molecule has 7 heteroatoms. The van der Waals surface area contributed by atoms with Crippen LogP contribution in [0.2, 0.25) is 0 Å². The number of amides is 2. The summed E-state index contributed by atoms with van der Waals surface area (Å²) in [7, 11) is 0. The molecular weight excluding hydrogens is 420 g/mol. The lowest BCUT2D eigenvalue weighted by Crippen LogP contribution is -2.42. The minimum atomic E-state index is -0.306. The van der Waals surface area contributed by atoms with E-state index in [-0.39, 0.29) is 24.4 Å². The van der Waals surface area contributed by atoms with Crippen LogP contribution in [0, 0.1) is 6.92 Å². The summed E-state index contributed by atoms with van der Waals surface area (Å²) in [6.45, 7) is 5.74. The first-order chi connectivity index (χ1) is 15.4. The second kappa shape index (κ2) is 9.28. The van der Waals surface area contributed by atoms with Crippen LogP contribution in [0.15, 0.2) is 66.7 Å². The predicted octanol–water partition coefficient (Wildman–Crippen LogP) is 5.16. The number of benzene rings is 3. The number of fused-ring (bicyclic) bond motifs is 1. The van der Waals surface area contributed by atoms with Gasteiger partial charge in [-0.05, 0) is 43.7 Å². The first kappa shape index (κ1) is 21.6. The molecule has 0 aliphatic heterocycles. The van der Waals surface area contributed by atoms with Crippen molar-refractivity contribution in [2.75, 3.05) is 11.9 Å². The third-order valence-electron chi connectivity index (χ3n) is 5.15. The van der Waals surface area contributed by atoms with Crippen LogP contribution in [-0.4, -0.2) is 39.5 Å². The summed E-state index contributed by atoms with van der Waals surface area (Å²) < 4.78 is 0. The van der Waals surface area contributed by atoms with Crippen molar-refractivity contribution in [2.45, 2.75) is 26.8 Å². The van der Waals surface area contributed by atoms with Gasteiger partial charge in [-0.25, -0.2) is 0 Å². The van der Waals surface area contributed by atoms with Gasteiger partial charge in [-0.3, -0.25) is 14.9 Å². The van der Waals surface area contributed by atoms with E-state index in [1.807, 2.05) is 81.4 Å². The molecule has 0 spiro atoms. The van der Waals surface area contributed by atoms with Gasteiger partial charge in [0.2, 0.25) is 11.0 Å². The van der Waals surface area contributed by atoms with Gasteiger partial charge in [0.25, 0.3) is 5.91 Å². The average molecular weight is 445 g/mol. The maximum atomic E-state index is 13.3. The van der Waals surface area contributed by atoms with Crippen molar-refractivity contribution in [1.82, 2.24) is 15.1 Å². The van der Waals surface area contributed by atoms with E-state index in [9.17, 15) is 9.59 Å². The minimum absolute atomic E-state index is 0.0704. The van der Waals surface area contributed by atoms with Gasteiger partial charge in [-0.15, -0.1) is 10.2 Å². The van der Waals surface area contributed by atoms with E-state index in [4.69, 9.17) is 0 Å². The summed E-state index contributed by atoms with van der Waals surface area (Å²) in [6.07, 6.45) is 0. The zero-order chi connectivity index (χ0) is 22.7. The third-order valence-corrected chi connectivity index (χ3v) is 6.04. The molecule has 0 atom stereocenters. The number of aryl methyl sites for hydroxylation is 1. The van der Waals surface area contributed by atoms with Crippen LogP contribution in [-0.2, 0) is 4.79 Å². The maximum Gasteiger partial charge on any atom is 0.255 e. The Balaban J connectivity index is 1.50. The van der Waals surface area contributed by atoms with Crippen LogP contribution in [0.25, 0.3) is 21.3 Å². The van der Waals surface area contributed by atoms with Gasteiger partial charge < -0.3 is 4.90 Å². The molecule has 0 radical (unpaired) electrons. The number of carbonyl (C=O) groups is 2. The molecule has 0 bridgehead atoms. The van der Waals surface area contributed by atoms with Gasteiger partial charge in [0.1, 0.15) is 11.6 Å². The molecular formula is C25H24N4O2S. The van der Waals surface area contributed by atoms with E-state index < -0.39 is 0 Å². The Kier molecular flexibility index (Phi) is 6.28. The number of nitrogens with zero attached hydrogens (tertiary/aromatic N) is 3. The Hall–Kier alpha value is -3.58. The van der Waals surface area contributed by atoms with Crippen LogP contribution in [0.5, 0.6) is 0 Å². The molecule has 0 saturated heterocycles. The molecule has 0 saturated carbocycles. The molecule has 32 heavy (non-hydrogen) atoms. The van der Waals surface area contributed by atoms with Gasteiger partial charge in [0.05, 0.1) is 0 Å². The lowest BCUT2D eigenvalue weighted by Gasteiger charge is -2.26. The predicted molar refractivity (Wildman–Crippen MR) is 129 cm³/mol. The molecule has 162 valence electrons. The molecule has 1 heterocycles. The molecule has 0 aliphatic carbocycles. The summed E-state index contributed by atoms with van der Waals surface area (Å²) in [5.74, 6) is -0.483. The SMILES string of the molecule is Cc1cccc(-c2nnc(NC(=O)CN(C(=O)c3cccc4ccccc34)C(C)C)s2)c1. The van der Waals surface area contributed by atoms with E-state index in [1.54, 1.807) is 11.0 Å². The van der Waals surface area contributed by atoms with Crippen LogP contribution in [0.4, 0.5) is 5.13 Å². The maximum absolute atomic E-state index is 13.3.